The standard InChI is InChI=1S/C14H22BrNO2/c1-4-10(5-2)9-18-14-12(15)6-11(8-16)7-13(14)17-3/h6-7,10H,4-5,8-9,16H2,1-3H3. The van der Waals surface area contributed by atoms with E-state index < -0.39 is 0 Å². The second-order valence-corrected chi connectivity index (χ2v) is 5.16. The highest BCUT2D eigenvalue weighted by molar-refractivity contribution is 9.10. The average Bonchev–Trinajstić information content (AvgIpc) is 2.40. The molecule has 18 heavy (non-hydrogen) atoms. The van der Waals surface area contributed by atoms with Crippen LogP contribution < -0.4 is 15.2 Å². The fourth-order valence-corrected chi connectivity index (χ4v) is 2.36. The van der Waals surface area contributed by atoms with Gasteiger partial charge in [-0.3, -0.25) is 0 Å². The van der Waals surface area contributed by atoms with Crippen LogP contribution in [0.3, 0.4) is 0 Å². The smallest absolute Gasteiger partial charge is 0.175 e. The summed E-state index contributed by atoms with van der Waals surface area (Å²) in [6, 6.07) is 3.90. The van der Waals surface area contributed by atoms with Gasteiger partial charge in [-0.2, -0.15) is 0 Å². The van der Waals surface area contributed by atoms with E-state index in [4.69, 9.17) is 15.2 Å². The van der Waals surface area contributed by atoms with Crippen molar-refractivity contribution in [2.45, 2.75) is 33.2 Å². The van der Waals surface area contributed by atoms with Crippen molar-refractivity contribution in [3.63, 3.8) is 0 Å². The molecule has 2 N–H and O–H groups in total. The molecular formula is C14H22BrNO2. The number of methoxy groups -OCH3 is 1. The molecule has 0 atom stereocenters. The third-order valence-corrected chi connectivity index (χ3v) is 3.73. The van der Waals surface area contributed by atoms with E-state index in [1.165, 1.54) is 0 Å². The Morgan fingerprint density at radius 2 is 1.94 bits per heavy atom. The molecule has 0 fully saturated rings. The Bertz CT molecular complexity index is 378. The minimum absolute atomic E-state index is 0.488. The first-order valence-corrected chi connectivity index (χ1v) is 7.14. The maximum atomic E-state index is 5.89. The Balaban J connectivity index is 2.87. The van der Waals surface area contributed by atoms with Gasteiger partial charge < -0.3 is 15.2 Å². The molecule has 3 nitrogen and oxygen atoms in total. The molecule has 4 heteroatoms. The second-order valence-electron chi connectivity index (χ2n) is 4.31. The molecule has 1 rings (SSSR count). The summed E-state index contributed by atoms with van der Waals surface area (Å²) in [7, 11) is 1.64. The predicted molar refractivity (Wildman–Crippen MR) is 78.2 cm³/mol. The maximum absolute atomic E-state index is 5.89. The predicted octanol–water partition coefficient (Wildman–Crippen LogP) is 3.73. The van der Waals surface area contributed by atoms with Crippen LogP contribution in [0.5, 0.6) is 11.5 Å². The van der Waals surface area contributed by atoms with Gasteiger partial charge in [0.2, 0.25) is 0 Å². The van der Waals surface area contributed by atoms with Crippen molar-refractivity contribution in [1.29, 1.82) is 0 Å². The number of benzene rings is 1. The van der Waals surface area contributed by atoms with E-state index in [1.54, 1.807) is 7.11 Å². The van der Waals surface area contributed by atoms with Gasteiger partial charge in [-0.15, -0.1) is 0 Å². The lowest BCUT2D eigenvalue weighted by molar-refractivity contribution is 0.229. The van der Waals surface area contributed by atoms with Crippen LogP contribution in [0.2, 0.25) is 0 Å². The minimum atomic E-state index is 0.488. The first-order chi connectivity index (χ1) is 8.65. The van der Waals surface area contributed by atoms with Crippen LogP contribution in [-0.2, 0) is 6.54 Å². The summed E-state index contributed by atoms with van der Waals surface area (Å²) in [6.45, 7) is 5.56. The lowest BCUT2D eigenvalue weighted by Crippen LogP contribution is -2.11. The van der Waals surface area contributed by atoms with Gasteiger partial charge in [0.05, 0.1) is 18.2 Å². The third-order valence-electron chi connectivity index (χ3n) is 3.14. The Hall–Kier alpha value is -0.740. The lowest BCUT2D eigenvalue weighted by atomic mass is 10.1. The number of halogens is 1. The Morgan fingerprint density at radius 1 is 1.28 bits per heavy atom. The Kier molecular flexibility index (Phi) is 6.50. The van der Waals surface area contributed by atoms with E-state index in [1.807, 2.05) is 12.1 Å². The third kappa shape index (κ3) is 3.89. The highest BCUT2D eigenvalue weighted by Gasteiger charge is 2.13. The number of hydrogen-bond donors (Lipinski definition) is 1. The van der Waals surface area contributed by atoms with E-state index in [-0.39, 0.29) is 0 Å². The van der Waals surface area contributed by atoms with Crippen molar-refractivity contribution >= 4 is 15.9 Å². The van der Waals surface area contributed by atoms with Gasteiger partial charge in [-0.25, -0.2) is 0 Å². The number of ether oxygens (including phenoxy) is 2. The highest BCUT2D eigenvalue weighted by atomic mass is 79.9. The molecule has 0 amide bonds. The van der Waals surface area contributed by atoms with Gasteiger partial charge in [0, 0.05) is 6.54 Å². The molecule has 0 spiro atoms. The Labute approximate surface area is 118 Å². The summed E-state index contributed by atoms with van der Waals surface area (Å²) >= 11 is 3.51. The molecule has 0 saturated carbocycles. The molecule has 0 aromatic heterocycles. The van der Waals surface area contributed by atoms with Gasteiger partial charge in [-0.1, -0.05) is 26.7 Å². The van der Waals surface area contributed by atoms with Crippen molar-refractivity contribution < 1.29 is 9.47 Å². The number of hydrogen-bond acceptors (Lipinski definition) is 3. The summed E-state index contributed by atoms with van der Waals surface area (Å²) in [4.78, 5) is 0. The van der Waals surface area contributed by atoms with Crippen LogP contribution >= 0.6 is 15.9 Å². The summed E-state index contributed by atoms with van der Waals surface area (Å²) in [5.74, 6) is 2.08. The first kappa shape index (κ1) is 15.3. The molecule has 0 heterocycles. The molecule has 0 aliphatic carbocycles. The number of rotatable bonds is 7. The highest BCUT2D eigenvalue weighted by Crippen LogP contribution is 2.37. The van der Waals surface area contributed by atoms with E-state index in [0.717, 1.165) is 34.4 Å². The maximum Gasteiger partial charge on any atom is 0.175 e. The summed E-state index contributed by atoms with van der Waals surface area (Å²) in [5.41, 5.74) is 6.66. The van der Waals surface area contributed by atoms with Gasteiger partial charge in [-0.05, 0) is 39.5 Å². The zero-order valence-corrected chi connectivity index (χ0v) is 12.9. The van der Waals surface area contributed by atoms with Crippen LogP contribution in [0, 0.1) is 5.92 Å². The van der Waals surface area contributed by atoms with Crippen molar-refractivity contribution in [1.82, 2.24) is 0 Å². The first-order valence-electron chi connectivity index (χ1n) is 6.35. The van der Waals surface area contributed by atoms with Gasteiger partial charge >= 0.3 is 0 Å². The average molecular weight is 316 g/mol. The molecule has 0 radical (unpaired) electrons. The number of nitrogens with two attached hydrogens (primary N) is 1. The van der Waals surface area contributed by atoms with E-state index in [0.29, 0.717) is 19.1 Å². The SMILES string of the molecule is CCC(CC)COc1c(Br)cc(CN)cc1OC. The summed E-state index contributed by atoms with van der Waals surface area (Å²) in [5, 5.41) is 0. The van der Waals surface area contributed by atoms with Crippen molar-refractivity contribution in [3.05, 3.63) is 22.2 Å². The van der Waals surface area contributed by atoms with E-state index in [2.05, 4.69) is 29.8 Å². The molecule has 102 valence electrons. The molecule has 0 aliphatic heterocycles. The van der Waals surface area contributed by atoms with Crippen LogP contribution in [-0.4, -0.2) is 13.7 Å². The zero-order valence-electron chi connectivity index (χ0n) is 11.3. The molecule has 0 unspecified atom stereocenters. The fraction of sp³-hybridized carbons (Fsp3) is 0.571. The second kappa shape index (κ2) is 7.64. The van der Waals surface area contributed by atoms with Crippen molar-refractivity contribution in [2.24, 2.45) is 11.7 Å². The molecule has 1 aromatic carbocycles. The molecule has 1 aromatic rings. The molecular weight excluding hydrogens is 294 g/mol. The Morgan fingerprint density at radius 3 is 2.44 bits per heavy atom. The largest absolute Gasteiger partial charge is 0.493 e. The topological polar surface area (TPSA) is 44.5 Å². The van der Waals surface area contributed by atoms with Crippen molar-refractivity contribution in [3.8, 4) is 11.5 Å². The van der Waals surface area contributed by atoms with Gasteiger partial charge in [0.1, 0.15) is 0 Å². The van der Waals surface area contributed by atoms with Gasteiger partial charge in [0.25, 0.3) is 0 Å². The van der Waals surface area contributed by atoms with Crippen LogP contribution in [0.25, 0.3) is 0 Å². The molecule has 0 bridgehead atoms. The monoisotopic (exact) mass is 315 g/mol. The van der Waals surface area contributed by atoms with Crippen LogP contribution in [0.15, 0.2) is 16.6 Å². The minimum Gasteiger partial charge on any atom is -0.493 e. The lowest BCUT2D eigenvalue weighted by Gasteiger charge is -2.17. The van der Waals surface area contributed by atoms with Gasteiger partial charge in [0.15, 0.2) is 11.5 Å². The quantitative estimate of drug-likeness (QED) is 0.833. The molecule has 0 aliphatic rings. The van der Waals surface area contributed by atoms with Crippen molar-refractivity contribution in [2.75, 3.05) is 13.7 Å². The summed E-state index contributed by atoms with van der Waals surface area (Å²) < 4.78 is 12.1. The van der Waals surface area contributed by atoms with E-state index in [9.17, 15) is 0 Å². The van der Waals surface area contributed by atoms with Crippen LogP contribution in [0.4, 0.5) is 0 Å². The normalized spacial score (nSPS) is 10.8. The molecule has 0 saturated heterocycles. The van der Waals surface area contributed by atoms with Crippen LogP contribution in [0.1, 0.15) is 32.3 Å². The van der Waals surface area contributed by atoms with E-state index >= 15 is 0 Å². The fourth-order valence-electron chi connectivity index (χ4n) is 1.76. The summed E-state index contributed by atoms with van der Waals surface area (Å²) in [6.07, 6.45) is 2.24. The zero-order chi connectivity index (χ0) is 13.5.